The van der Waals surface area contributed by atoms with Gasteiger partial charge in [0.25, 0.3) is 0 Å². The van der Waals surface area contributed by atoms with Crippen LogP contribution in [-0.4, -0.2) is 46.8 Å². The van der Waals surface area contributed by atoms with Gasteiger partial charge in [-0.1, -0.05) is 0 Å². The van der Waals surface area contributed by atoms with Crippen LogP contribution in [0.1, 0.15) is 13.8 Å². The van der Waals surface area contributed by atoms with Crippen molar-refractivity contribution in [1.29, 1.82) is 0 Å². The summed E-state index contributed by atoms with van der Waals surface area (Å²) in [4.78, 5) is 10.5. The van der Waals surface area contributed by atoms with Crippen LogP contribution in [0.15, 0.2) is 17.3 Å². The lowest BCUT2D eigenvalue weighted by molar-refractivity contribution is -0.137. The van der Waals surface area contributed by atoms with Crippen LogP contribution in [0, 0.1) is 0 Å². The predicted octanol–water partition coefficient (Wildman–Crippen LogP) is 0.388. The molecule has 0 bridgehead atoms. The van der Waals surface area contributed by atoms with Gasteiger partial charge in [0.2, 0.25) is 10.0 Å². The van der Waals surface area contributed by atoms with E-state index in [0.29, 0.717) is 0 Å². The second kappa shape index (κ2) is 5.93. The minimum Gasteiger partial charge on any atom is -0.480 e. The van der Waals surface area contributed by atoms with Crippen molar-refractivity contribution in [2.75, 3.05) is 12.8 Å². The summed E-state index contributed by atoms with van der Waals surface area (Å²) in [6.45, 7) is 3.76. The van der Waals surface area contributed by atoms with Crippen molar-refractivity contribution in [2.24, 2.45) is 0 Å². The number of hydrogen-bond donors (Lipinski definition) is 2. The highest BCUT2D eigenvalue weighted by atomic mass is 32.2. The van der Waals surface area contributed by atoms with Gasteiger partial charge in [-0.05, 0) is 20.1 Å². The Balaban J connectivity index is 2.78. The van der Waals surface area contributed by atoms with Crippen LogP contribution < -0.4 is 4.72 Å². The predicted molar refractivity (Wildman–Crippen MR) is 72.6 cm³/mol. The van der Waals surface area contributed by atoms with Crippen LogP contribution in [0.3, 0.4) is 0 Å². The van der Waals surface area contributed by atoms with E-state index in [1.165, 1.54) is 6.20 Å². The molecule has 0 spiro atoms. The first-order chi connectivity index (χ1) is 8.66. The summed E-state index contributed by atoms with van der Waals surface area (Å²) in [7, 11) is -3.66. The largest absolute Gasteiger partial charge is 0.480 e. The SMILES string of the molecule is CSC(C)(C)CNS(=O)(=O)c1cnn(CC(=O)O)c1. The van der Waals surface area contributed by atoms with Gasteiger partial charge < -0.3 is 5.11 Å². The average Bonchev–Trinajstić information content (AvgIpc) is 2.75. The van der Waals surface area contributed by atoms with Crippen LogP contribution in [0.2, 0.25) is 0 Å². The normalized spacial score (nSPS) is 12.6. The van der Waals surface area contributed by atoms with E-state index in [9.17, 15) is 13.2 Å². The molecule has 7 nitrogen and oxygen atoms in total. The number of hydrogen-bond acceptors (Lipinski definition) is 5. The number of thioether (sulfide) groups is 1. The molecular weight excluding hydrogens is 290 g/mol. The van der Waals surface area contributed by atoms with E-state index in [4.69, 9.17) is 5.11 Å². The van der Waals surface area contributed by atoms with Crippen molar-refractivity contribution in [3.63, 3.8) is 0 Å². The monoisotopic (exact) mass is 307 g/mol. The Hall–Kier alpha value is -1.06. The van der Waals surface area contributed by atoms with Gasteiger partial charge in [-0.25, -0.2) is 13.1 Å². The molecular formula is C10H17N3O4S2. The molecule has 0 aliphatic rings. The van der Waals surface area contributed by atoms with Gasteiger partial charge in [0.15, 0.2) is 0 Å². The Labute approximate surface area is 116 Å². The first kappa shape index (κ1) is 16.0. The molecule has 9 heteroatoms. The number of nitrogens with zero attached hydrogens (tertiary/aromatic N) is 2. The van der Waals surface area contributed by atoms with Crippen LogP contribution >= 0.6 is 11.8 Å². The Bertz CT molecular complexity index is 551. The van der Waals surface area contributed by atoms with Crippen molar-refractivity contribution in [1.82, 2.24) is 14.5 Å². The van der Waals surface area contributed by atoms with Crippen molar-refractivity contribution in [2.45, 2.75) is 30.0 Å². The standard InChI is InChI=1S/C10H17N3O4S2/c1-10(2,18-3)7-12-19(16,17)8-4-11-13(5-8)6-9(14)15/h4-5,12H,6-7H2,1-3H3,(H,14,15). The molecule has 0 saturated heterocycles. The molecule has 0 aliphatic heterocycles. The Morgan fingerprint density at radius 2 is 2.21 bits per heavy atom. The third kappa shape index (κ3) is 4.84. The third-order valence-corrected chi connectivity index (χ3v) is 5.06. The van der Waals surface area contributed by atoms with E-state index in [1.807, 2.05) is 20.1 Å². The number of aromatic nitrogens is 2. The molecule has 1 aromatic heterocycles. The molecule has 2 N–H and O–H groups in total. The summed E-state index contributed by atoms with van der Waals surface area (Å²) < 4.78 is 27.3. The van der Waals surface area contributed by atoms with Crippen molar-refractivity contribution in [3.8, 4) is 0 Å². The van der Waals surface area contributed by atoms with Gasteiger partial charge in [0.1, 0.15) is 11.4 Å². The maximum absolute atomic E-state index is 12.0. The lowest BCUT2D eigenvalue weighted by atomic mass is 10.2. The molecule has 0 saturated carbocycles. The summed E-state index contributed by atoms with van der Waals surface area (Å²) in [5.41, 5.74) is 0. The highest BCUT2D eigenvalue weighted by molar-refractivity contribution is 8.00. The van der Waals surface area contributed by atoms with Crippen molar-refractivity contribution >= 4 is 27.8 Å². The van der Waals surface area contributed by atoms with E-state index >= 15 is 0 Å². The number of carboxylic acid groups (broad SMARTS) is 1. The summed E-state index contributed by atoms with van der Waals surface area (Å²) >= 11 is 1.55. The Morgan fingerprint density at radius 3 is 2.74 bits per heavy atom. The van der Waals surface area contributed by atoms with Gasteiger partial charge in [-0.2, -0.15) is 16.9 Å². The van der Waals surface area contributed by atoms with Gasteiger partial charge in [0.05, 0.1) is 6.20 Å². The van der Waals surface area contributed by atoms with Crippen LogP contribution in [0.4, 0.5) is 0 Å². The molecule has 0 amide bonds. The van der Waals surface area contributed by atoms with Crippen LogP contribution in [-0.2, 0) is 21.4 Å². The van der Waals surface area contributed by atoms with Crippen LogP contribution in [0.5, 0.6) is 0 Å². The molecule has 0 aromatic carbocycles. The van der Waals surface area contributed by atoms with Gasteiger partial charge in [0, 0.05) is 17.5 Å². The second-order valence-corrected chi connectivity index (χ2v) is 7.84. The second-order valence-electron chi connectivity index (χ2n) is 4.56. The lowest BCUT2D eigenvalue weighted by Crippen LogP contribution is -2.35. The van der Waals surface area contributed by atoms with Crippen LogP contribution in [0.25, 0.3) is 0 Å². The first-order valence-corrected chi connectivity index (χ1v) is 8.16. The highest BCUT2D eigenvalue weighted by Crippen LogP contribution is 2.20. The number of rotatable bonds is 7. The first-order valence-electron chi connectivity index (χ1n) is 5.45. The fourth-order valence-electron chi connectivity index (χ4n) is 1.13. The van der Waals surface area contributed by atoms with E-state index in [-0.39, 0.29) is 22.7 Å². The van der Waals surface area contributed by atoms with Gasteiger partial charge >= 0.3 is 5.97 Å². The molecule has 19 heavy (non-hydrogen) atoms. The number of sulfonamides is 1. The summed E-state index contributed by atoms with van der Waals surface area (Å²) in [6.07, 6.45) is 4.24. The molecule has 0 atom stereocenters. The number of nitrogens with one attached hydrogen (secondary N) is 1. The maximum Gasteiger partial charge on any atom is 0.325 e. The molecule has 1 heterocycles. The fourth-order valence-corrected chi connectivity index (χ4v) is 2.60. The van der Waals surface area contributed by atoms with Crippen molar-refractivity contribution < 1.29 is 18.3 Å². The van der Waals surface area contributed by atoms with E-state index in [2.05, 4.69) is 9.82 Å². The van der Waals surface area contributed by atoms with Gasteiger partial charge in [-0.15, -0.1) is 0 Å². The number of carboxylic acids is 1. The van der Waals surface area contributed by atoms with E-state index in [1.54, 1.807) is 11.8 Å². The molecule has 108 valence electrons. The maximum atomic E-state index is 12.0. The highest BCUT2D eigenvalue weighted by Gasteiger charge is 2.22. The summed E-state index contributed by atoms with van der Waals surface area (Å²) in [5, 5.41) is 12.3. The topological polar surface area (TPSA) is 101 Å². The quantitative estimate of drug-likeness (QED) is 0.755. The minimum absolute atomic E-state index is 0.0364. The van der Waals surface area contributed by atoms with E-state index < -0.39 is 16.0 Å². The zero-order valence-corrected chi connectivity index (χ0v) is 12.6. The van der Waals surface area contributed by atoms with E-state index in [0.717, 1.165) is 10.9 Å². The average molecular weight is 307 g/mol. The lowest BCUT2D eigenvalue weighted by Gasteiger charge is -2.21. The molecule has 0 unspecified atom stereocenters. The Kier molecular flexibility index (Phi) is 4.99. The third-order valence-electron chi connectivity index (χ3n) is 2.46. The molecule has 0 fully saturated rings. The zero-order valence-electron chi connectivity index (χ0n) is 11.0. The smallest absolute Gasteiger partial charge is 0.325 e. The molecule has 0 radical (unpaired) electrons. The Morgan fingerprint density at radius 1 is 1.58 bits per heavy atom. The number of carbonyl (C=O) groups is 1. The van der Waals surface area contributed by atoms with Crippen molar-refractivity contribution in [3.05, 3.63) is 12.4 Å². The molecule has 1 rings (SSSR count). The number of aliphatic carboxylic acids is 1. The zero-order chi connectivity index (χ0) is 14.7. The molecule has 1 aromatic rings. The fraction of sp³-hybridized carbons (Fsp3) is 0.600. The summed E-state index contributed by atoms with van der Waals surface area (Å²) in [5.74, 6) is -1.08. The van der Waals surface area contributed by atoms with Gasteiger partial charge in [-0.3, -0.25) is 9.48 Å². The summed E-state index contributed by atoms with van der Waals surface area (Å²) in [6, 6.07) is 0. The minimum atomic E-state index is -3.66. The molecule has 0 aliphatic carbocycles.